The Balaban J connectivity index is 2.64. The standard InChI is InChI=1S/C13H10BN3O3/c1-6-2-7(5-15)4-8(3-6)11(18)10-9(14)12(19)17-13(20)16-10/h2-4H,14H2,1H3,(H2,16,17,19,20). The number of aromatic amines is 2. The van der Waals surface area contributed by atoms with Crippen LogP contribution in [0.25, 0.3) is 0 Å². The largest absolute Gasteiger partial charge is 0.326 e. The van der Waals surface area contributed by atoms with Gasteiger partial charge in [0, 0.05) is 11.0 Å². The van der Waals surface area contributed by atoms with Gasteiger partial charge >= 0.3 is 5.69 Å². The zero-order valence-electron chi connectivity index (χ0n) is 10.9. The molecule has 98 valence electrons. The van der Waals surface area contributed by atoms with Crippen molar-refractivity contribution in [2.24, 2.45) is 0 Å². The van der Waals surface area contributed by atoms with Crippen molar-refractivity contribution >= 4 is 19.1 Å². The highest BCUT2D eigenvalue weighted by Crippen LogP contribution is 2.11. The van der Waals surface area contributed by atoms with Crippen LogP contribution in [0.3, 0.4) is 0 Å². The molecule has 1 heterocycles. The van der Waals surface area contributed by atoms with E-state index < -0.39 is 17.0 Å². The van der Waals surface area contributed by atoms with E-state index in [2.05, 4.69) is 4.98 Å². The monoisotopic (exact) mass is 267 g/mol. The number of rotatable bonds is 2. The van der Waals surface area contributed by atoms with Crippen LogP contribution in [0.5, 0.6) is 0 Å². The number of carbonyl (C=O) groups excluding carboxylic acids is 1. The molecule has 0 amide bonds. The minimum Gasteiger partial charge on any atom is -0.304 e. The van der Waals surface area contributed by atoms with Gasteiger partial charge in [0.1, 0.15) is 7.85 Å². The van der Waals surface area contributed by atoms with Crippen molar-refractivity contribution in [3.05, 3.63) is 61.4 Å². The number of hydrogen-bond donors (Lipinski definition) is 2. The molecule has 0 atom stereocenters. The predicted octanol–water partition coefficient (Wildman–Crippen LogP) is -1.27. The van der Waals surface area contributed by atoms with Gasteiger partial charge in [-0.2, -0.15) is 5.26 Å². The van der Waals surface area contributed by atoms with Crippen LogP contribution < -0.4 is 16.7 Å². The number of nitriles is 1. The van der Waals surface area contributed by atoms with Gasteiger partial charge in [0.05, 0.1) is 17.3 Å². The van der Waals surface area contributed by atoms with Crippen LogP contribution in [0, 0.1) is 18.3 Å². The molecule has 1 aromatic carbocycles. The topological polar surface area (TPSA) is 107 Å². The molecule has 0 radical (unpaired) electrons. The second-order valence-electron chi connectivity index (χ2n) is 4.44. The average molecular weight is 267 g/mol. The first-order chi connectivity index (χ1) is 9.42. The minimum absolute atomic E-state index is 0.0618. The third kappa shape index (κ3) is 2.45. The highest BCUT2D eigenvalue weighted by Gasteiger charge is 2.16. The van der Waals surface area contributed by atoms with E-state index in [-0.39, 0.29) is 16.7 Å². The Kier molecular flexibility index (Phi) is 3.40. The fourth-order valence-corrected chi connectivity index (χ4v) is 1.90. The summed E-state index contributed by atoms with van der Waals surface area (Å²) in [5.41, 5.74) is 0.0755. The number of carbonyl (C=O) groups is 1. The van der Waals surface area contributed by atoms with Gasteiger partial charge in [-0.3, -0.25) is 14.6 Å². The van der Waals surface area contributed by atoms with Gasteiger partial charge in [0.25, 0.3) is 0 Å². The van der Waals surface area contributed by atoms with Crippen molar-refractivity contribution in [3.8, 4) is 6.07 Å². The lowest BCUT2D eigenvalue weighted by Crippen LogP contribution is -2.40. The van der Waals surface area contributed by atoms with Crippen LogP contribution in [-0.2, 0) is 0 Å². The van der Waals surface area contributed by atoms with E-state index in [1.807, 2.05) is 11.1 Å². The number of ketones is 1. The molecule has 2 rings (SSSR count). The van der Waals surface area contributed by atoms with Gasteiger partial charge in [-0.05, 0) is 30.7 Å². The summed E-state index contributed by atoms with van der Waals surface area (Å²) < 4.78 is 0. The smallest absolute Gasteiger partial charge is 0.304 e. The molecule has 20 heavy (non-hydrogen) atoms. The lowest BCUT2D eigenvalue weighted by Gasteiger charge is -2.05. The maximum atomic E-state index is 12.4. The summed E-state index contributed by atoms with van der Waals surface area (Å²) >= 11 is 0. The fourth-order valence-electron chi connectivity index (χ4n) is 1.90. The third-order valence-corrected chi connectivity index (χ3v) is 2.88. The Hall–Kier alpha value is -2.88. The molecule has 0 unspecified atom stereocenters. The number of aryl methyl sites for hydroxylation is 1. The van der Waals surface area contributed by atoms with Crippen molar-refractivity contribution < 1.29 is 4.79 Å². The summed E-state index contributed by atoms with van der Waals surface area (Å²) in [6.07, 6.45) is 0. The van der Waals surface area contributed by atoms with E-state index in [0.29, 0.717) is 5.56 Å². The summed E-state index contributed by atoms with van der Waals surface area (Å²) in [7, 11) is 1.45. The normalized spacial score (nSPS) is 10.0. The molecule has 0 spiro atoms. The fraction of sp³-hybridized carbons (Fsp3) is 0.0769. The molecule has 7 heteroatoms. The Morgan fingerprint density at radius 1 is 1.25 bits per heavy atom. The van der Waals surface area contributed by atoms with Crippen LogP contribution in [0.2, 0.25) is 0 Å². The van der Waals surface area contributed by atoms with E-state index in [0.717, 1.165) is 5.56 Å². The Morgan fingerprint density at radius 2 is 1.95 bits per heavy atom. The molecule has 0 aliphatic heterocycles. The highest BCUT2D eigenvalue weighted by molar-refractivity contribution is 6.36. The van der Waals surface area contributed by atoms with Crippen LogP contribution in [0.15, 0.2) is 27.8 Å². The zero-order chi connectivity index (χ0) is 14.9. The van der Waals surface area contributed by atoms with Crippen molar-refractivity contribution in [1.82, 2.24) is 9.97 Å². The first-order valence-corrected chi connectivity index (χ1v) is 5.82. The number of nitrogens with zero attached hydrogens (tertiary/aromatic N) is 1. The average Bonchev–Trinajstić information content (AvgIpc) is 2.41. The maximum absolute atomic E-state index is 12.4. The summed E-state index contributed by atoms with van der Waals surface area (Å²) in [6, 6.07) is 6.63. The van der Waals surface area contributed by atoms with Crippen molar-refractivity contribution in [3.63, 3.8) is 0 Å². The molecule has 2 aromatic rings. The molecule has 0 aliphatic carbocycles. The first kappa shape index (κ1) is 13.6. The second kappa shape index (κ2) is 5.01. The maximum Gasteiger partial charge on any atom is 0.326 e. The number of hydrogen-bond acceptors (Lipinski definition) is 4. The van der Waals surface area contributed by atoms with E-state index in [1.165, 1.54) is 13.9 Å². The molecule has 0 fully saturated rings. The van der Waals surface area contributed by atoms with E-state index in [9.17, 15) is 14.4 Å². The van der Waals surface area contributed by atoms with Gasteiger partial charge in [0.2, 0.25) is 11.3 Å². The third-order valence-electron chi connectivity index (χ3n) is 2.88. The van der Waals surface area contributed by atoms with Gasteiger partial charge in [-0.15, -0.1) is 0 Å². The summed E-state index contributed by atoms with van der Waals surface area (Å²) in [4.78, 5) is 39.5. The van der Waals surface area contributed by atoms with Gasteiger partial charge in [-0.25, -0.2) is 4.79 Å². The molecule has 0 aliphatic rings. The molecular formula is C13H10BN3O3. The lowest BCUT2D eigenvalue weighted by molar-refractivity contribution is 0.103. The Morgan fingerprint density at radius 3 is 2.60 bits per heavy atom. The molecule has 1 aromatic heterocycles. The summed E-state index contributed by atoms with van der Waals surface area (Å²) in [6.45, 7) is 1.75. The van der Waals surface area contributed by atoms with E-state index in [4.69, 9.17) is 5.26 Å². The molecule has 0 saturated carbocycles. The number of benzene rings is 1. The summed E-state index contributed by atoms with van der Waals surface area (Å²) in [5, 5.41) is 8.91. The number of aromatic nitrogens is 2. The molecule has 0 bridgehead atoms. The van der Waals surface area contributed by atoms with E-state index in [1.54, 1.807) is 19.1 Å². The second-order valence-corrected chi connectivity index (χ2v) is 4.44. The van der Waals surface area contributed by atoms with Crippen molar-refractivity contribution in [1.29, 1.82) is 5.26 Å². The quantitative estimate of drug-likeness (QED) is 0.522. The van der Waals surface area contributed by atoms with Gasteiger partial charge < -0.3 is 4.98 Å². The highest BCUT2D eigenvalue weighted by atomic mass is 16.2. The zero-order valence-corrected chi connectivity index (χ0v) is 10.9. The van der Waals surface area contributed by atoms with Crippen molar-refractivity contribution in [2.45, 2.75) is 6.92 Å². The number of nitrogens with one attached hydrogen (secondary N) is 2. The van der Waals surface area contributed by atoms with Crippen LogP contribution in [-0.4, -0.2) is 23.6 Å². The SMILES string of the molecule is Bc1c(C(=O)c2cc(C)cc(C#N)c2)[nH]c(=O)[nH]c1=O. The van der Waals surface area contributed by atoms with Crippen LogP contribution in [0.4, 0.5) is 0 Å². The molecular weight excluding hydrogens is 257 g/mol. The molecule has 6 nitrogen and oxygen atoms in total. The predicted molar refractivity (Wildman–Crippen MR) is 75.2 cm³/mol. The lowest BCUT2D eigenvalue weighted by atomic mass is 9.91. The molecule has 2 N–H and O–H groups in total. The van der Waals surface area contributed by atoms with E-state index >= 15 is 0 Å². The Bertz CT molecular complexity index is 858. The molecule has 0 saturated heterocycles. The first-order valence-electron chi connectivity index (χ1n) is 5.82. The number of H-pyrrole nitrogens is 2. The van der Waals surface area contributed by atoms with Crippen molar-refractivity contribution in [2.75, 3.05) is 0 Å². The van der Waals surface area contributed by atoms with Gasteiger partial charge in [-0.1, -0.05) is 0 Å². The minimum atomic E-state index is -0.739. The van der Waals surface area contributed by atoms with Crippen LogP contribution >= 0.6 is 0 Å². The van der Waals surface area contributed by atoms with Crippen LogP contribution in [0.1, 0.15) is 27.2 Å². The van der Waals surface area contributed by atoms with Gasteiger partial charge in [0.15, 0.2) is 0 Å². The summed E-state index contributed by atoms with van der Waals surface area (Å²) in [5.74, 6) is -0.495. The Labute approximate surface area is 114 Å².